The minimum Gasteiger partial charge on any atom is -0.383 e. The number of pyridine rings is 1. The second kappa shape index (κ2) is 7.60. The second-order valence-corrected chi connectivity index (χ2v) is 8.77. The highest BCUT2D eigenvalue weighted by molar-refractivity contribution is 6.00. The van der Waals surface area contributed by atoms with Gasteiger partial charge in [0.25, 0.3) is 0 Å². The van der Waals surface area contributed by atoms with E-state index < -0.39 is 23.4 Å². The number of fused-ring (bicyclic) bond motifs is 1. The zero-order valence-electron chi connectivity index (χ0n) is 18.3. The van der Waals surface area contributed by atoms with Gasteiger partial charge in [0.1, 0.15) is 28.9 Å². The smallest absolute Gasteiger partial charge is 0.383 e. The maximum absolute atomic E-state index is 14.9. The number of carbonyl (C=O) groups is 1. The Morgan fingerprint density at radius 2 is 1.94 bits per heavy atom. The summed E-state index contributed by atoms with van der Waals surface area (Å²) in [5.41, 5.74) is 4.36. The Hall–Kier alpha value is -4.30. The molecule has 11 nitrogen and oxygen atoms in total. The highest BCUT2D eigenvalue weighted by Crippen LogP contribution is 2.58. The van der Waals surface area contributed by atoms with Crippen molar-refractivity contribution in [2.45, 2.75) is 43.3 Å². The molecule has 4 N–H and O–H groups in total. The largest absolute Gasteiger partial charge is 0.400 e. The van der Waals surface area contributed by atoms with Gasteiger partial charge in [0, 0.05) is 12.1 Å². The number of nitrogens with zero attached hydrogens (tertiary/aromatic N) is 6. The Balaban J connectivity index is 1.21. The average molecular weight is 503 g/mol. The first-order valence-electron chi connectivity index (χ1n) is 10.9. The van der Waals surface area contributed by atoms with Crippen LogP contribution in [-0.2, 0) is 5.41 Å². The molecule has 4 heterocycles. The lowest BCUT2D eigenvalue weighted by Crippen LogP contribution is -2.28. The van der Waals surface area contributed by atoms with Crippen molar-refractivity contribution in [2.24, 2.45) is 0 Å². The summed E-state index contributed by atoms with van der Waals surface area (Å²) in [5, 5.41) is 12.8. The fourth-order valence-electron chi connectivity index (χ4n) is 4.04. The van der Waals surface area contributed by atoms with Gasteiger partial charge in [-0.2, -0.15) is 18.3 Å². The van der Waals surface area contributed by atoms with E-state index in [0.29, 0.717) is 16.7 Å². The zero-order valence-corrected chi connectivity index (χ0v) is 18.3. The van der Waals surface area contributed by atoms with Gasteiger partial charge in [-0.25, -0.2) is 23.8 Å². The average Bonchev–Trinajstić information content (AvgIpc) is 3.74. The Morgan fingerprint density at radius 3 is 2.61 bits per heavy atom. The molecule has 0 atom stereocenters. The minimum atomic E-state index is -4.48. The first-order valence-corrected chi connectivity index (χ1v) is 10.9. The quantitative estimate of drug-likeness (QED) is 0.344. The molecule has 4 aromatic heterocycles. The normalized spacial score (nSPS) is 16.8. The van der Waals surface area contributed by atoms with Crippen molar-refractivity contribution in [1.82, 2.24) is 29.9 Å². The number of urea groups is 1. The summed E-state index contributed by atoms with van der Waals surface area (Å²) in [7, 11) is 0. The lowest BCUT2D eigenvalue weighted by atomic mass is 10.0. The van der Waals surface area contributed by atoms with Gasteiger partial charge in [0.05, 0.1) is 29.0 Å². The van der Waals surface area contributed by atoms with Gasteiger partial charge in [-0.3, -0.25) is 10.3 Å². The maximum Gasteiger partial charge on any atom is 0.400 e. The molecule has 2 amide bonds. The van der Waals surface area contributed by atoms with Crippen LogP contribution in [0.25, 0.3) is 22.4 Å². The van der Waals surface area contributed by atoms with E-state index in [9.17, 15) is 22.4 Å². The molecule has 0 aromatic carbocycles. The van der Waals surface area contributed by atoms with Crippen LogP contribution >= 0.6 is 0 Å². The number of halogens is 4. The number of rotatable bonds is 5. The molecule has 15 heteroatoms. The van der Waals surface area contributed by atoms with Crippen LogP contribution in [0.3, 0.4) is 0 Å². The van der Waals surface area contributed by atoms with Crippen LogP contribution in [0.15, 0.2) is 29.2 Å². The maximum atomic E-state index is 14.9. The molecule has 0 aliphatic heterocycles. The number of aromatic nitrogens is 6. The van der Waals surface area contributed by atoms with Crippen LogP contribution in [0.2, 0.25) is 0 Å². The Kier molecular flexibility index (Phi) is 4.68. The van der Waals surface area contributed by atoms with Crippen molar-refractivity contribution in [3.05, 3.63) is 36.2 Å². The summed E-state index contributed by atoms with van der Waals surface area (Å²) in [6.45, 7) is 0. The van der Waals surface area contributed by atoms with Gasteiger partial charge in [0.15, 0.2) is 11.5 Å². The third-order valence-electron chi connectivity index (χ3n) is 6.28. The molecule has 2 aliphatic rings. The van der Waals surface area contributed by atoms with Crippen molar-refractivity contribution in [1.29, 1.82) is 0 Å². The summed E-state index contributed by atoms with van der Waals surface area (Å²) in [6, 6.07) is 1.30. The first-order chi connectivity index (χ1) is 17.2. The van der Waals surface area contributed by atoms with Gasteiger partial charge in [0.2, 0.25) is 5.88 Å². The van der Waals surface area contributed by atoms with E-state index in [0.717, 1.165) is 31.2 Å². The van der Waals surface area contributed by atoms with Crippen molar-refractivity contribution < 1.29 is 26.9 Å². The molecular formula is C21H17F4N9O2. The lowest BCUT2D eigenvalue weighted by Gasteiger charge is -2.15. The molecule has 2 saturated carbocycles. The Bertz CT molecular complexity index is 1510. The molecule has 2 fully saturated rings. The molecule has 0 unspecified atom stereocenters. The summed E-state index contributed by atoms with van der Waals surface area (Å²) in [6.07, 6.45) is -0.411. The number of hydrogen-bond donors (Lipinski definition) is 3. The number of nitrogens with one attached hydrogen (secondary N) is 2. The summed E-state index contributed by atoms with van der Waals surface area (Å²) in [5.74, 6) is -0.960. The zero-order chi connectivity index (χ0) is 25.2. The highest BCUT2D eigenvalue weighted by atomic mass is 19.4. The fraction of sp³-hybridized carbons (Fsp3) is 0.333. The predicted molar refractivity (Wildman–Crippen MR) is 117 cm³/mol. The van der Waals surface area contributed by atoms with E-state index in [4.69, 9.17) is 10.3 Å². The third kappa shape index (κ3) is 3.58. The highest BCUT2D eigenvalue weighted by Gasteiger charge is 2.66. The van der Waals surface area contributed by atoms with E-state index in [-0.39, 0.29) is 47.7 Å². The van der Waals surface area contributed by atoms with Gasteiger partial charge in [-0.05, 0) is 25.7 Å². The van der Waals surface area contributed by atoms with Crippen LogP contribution in [-0.4, -0.2) is 42.1 Å². The number of hydrogen-bond acceptors (Lipinski definition) is 8. The summed E-state index contributed by atoms with van der Waals surface area (Å²) >= 11 is 0. The molecular weight excluding hydrogens is 486 g/mol. The number of amides is 2. The first kappa shape index (κ1) is 22.2. The molecule has 186 valence electrons. The van der Waals surface area contributed by atoms with Gasteiger partial charge in [-0.1, -0.05) is 5.16 Å². The molecule has 4 aromatic rings. The predicted octanol–water partition coefficient (Wildman–Crippen LogP) is 4.17. The molecule has 2 aliphatic carbocycles. The molecule has 0 spiro atoms. The van der Waals surface area contributed by atoms with Gasteiger partial charge >= 0.3 is 12.2 Å². The molecule has 0 radical (unpaired) electrons. The number of anilines is 3. The van der Waals surface area contributed by atoms with Crippen LogP contribution in [0.4, 0.5) is 39.7 Å². The van der Waals surface area contributed by atoms with Crippen LogP contribution in [0, 0.1) is 5.82 Å². The van der Waals surface area contributed by atoms with E-state index in [1.54, 1.807) is 4.68 Å². The Morgan fingerprint density at radius 1 is 1.17 bits per heavy atom. The van der Waals surface area contributed by atoms with Crippen molar-refractivity contribution in [3.63, 3.8) is 0 Å². The van der Waals surface area contributed by atoms with Crippen molar-refractivity contribution in [2.75, 3.05) is 16.4 Å². The summed E-state index contributed by atoms with van der Waals surface area (Å²) < 4.78 is 61.1. The van der Waals surface area contributed by atoms with E-state index >= 15 is 0 Å². The van der Waals surface area contributed by atoms with Crippen molar-refractivity contribution >= 4 is 34.5 Å². The van der Waals surface area contributed by atoms with E-state index in [1.165, 1.54) is 6.33 Å². The topological polar surface area (TPSA) is 150 Å². The lowest BCUT2D eigenvalue weighted by molar-refractivity contribution is -0.161. The molecule has 0 saturated heterocycles. The number of carbonyl (C=O) groups excluding carboxylic acids is 1. The minimum absolute atomic E-state index is 0.107. The second-order valence-electron chi connectivity index (χ2n) is 8.77. The Labute approximate surface area is 199 Å². The molecule has 6 rings (SSSR count). The standard InChI is InChI=1S/C21H17F4N9O2/c22-10-5-11(16-15-17(26)28-8-29-18(15)34(32-16)9-1-2-9)27-7-12(10)30-19(35)31-14-6-13(33-36-14)20(3-4-20)21(23,24)25/h5-9H,1-4H2,(H2,26,28,29)(H2,30,31,35). The fourth-order valence-corrected chi connectivity index (χ4v) is 4.04. The van der Waals surface area contributed by atoms with Gasteiger partial charge < -0.3 is 15.6 Å². The van der Waals surface area contributed by atoms with Crippen LogP contribution < -0.4 is 16.4 Å². The van der Waals surface area contributed by atoms with Crippen LogP contribution in [0.5, 0.6) is 0 Å². The van der Waals surface area contributed by atoms with E-state index in [1.807, 2.05) is 0 Å². The molecule has 36 heavy (non-hydrogen) atoms. The molecule has 0 bridgehead atoms. The van der Waals surface area contributed by atoms with Crippen molar-refractivity contribution in [3.8, 4) is 11.4 Å². The number of alkyl halides is 3. The van der Waals surface area contributed by atoms with E-state index in [2.05, 4.69) is 35.8 Å². The number of nitrogens with two attached hydrogens (primary N) is 1. The monoisotopic (exact) mass is 503 g/mol. The SMILES string of the molecule is Nc1ncnc2c1c(-c1cc(F)c(NC(=O)Nc3cc(C4(C(F)(F)F)CC4)no3)cn1)nn2C1CC1. The summed E-state index contributed by atoms with van der Waals surface area (Å²) in [4.78, 5) is 24.7. The third-order valence-corrected chi connectivity index (χ3v) is 6.28. The van der Waals surface area contributed by atoms with Crippen LogP contribution in [0.1, 0.15) is 37.4 Å². The van der Waals surface area contributed by atoms with Gasteiger partial charge in [-0.15, -0.1) is 0 Å². The number of nitrogen functional groups attached to an aromatic ring is 1.